The molecule has 0 bridgehead atoms. The van der Waals surface area contributed by atoms with Gasteiger partial charge in [0.15, 0.2) is 0 Å². The fourth-order valence-electron chi connectivity index (χ4n) is 0.996. The van der Waals surface area contributed by atoms with Crippen LogP contribution in [0.1, 0.15) is 17.5 Å². The minimum atomic E-state index is -0.230. The Balaban J connectivity index is 2.27. The molecule has 1 atom stereocenters. The van der Waals surface area contributed by atoms with E-state index in [1.54, 1.807) is 6.26 Å². The van der Waals surface area contributed by atoms with E-state index < -0.39 is 0 Å². The van der Waals surface area contributed by atoms with Crippen molar-refractivity contribution < 1.29 is 4.42 Å². The summed E-state index contributed by atoms with van der Waals surface area (Å²) in [4.78, 5) is 0. The Labute approximate surface area is 74.0 Å². The number of hydrogen-bond acceptors (Lipinski definition) is 4. The van der Waals surface area contributed by atoms with E-state index in [4.69, 9.17) is 10.2 Å². The number of nitrogens with two attached hydrogens (primary N) is 1. The first kappa shape index (κ1) is 7.52. The van der Waals surface area contributed by atoms with Crippen LogP contribution < -0.4 is 5.73 Å². The minimum Gasteiger partial charge on any atom is -0.467 e. The lowest BCUT2D eigenvalue weighted by Crippen LogP contribution is -2.10. The molecule has 0 aliphatic rings. The number of nitrogens with zero attached hydrogens (tertiary/aromatic N) is 1. The summed E-state index contributed by atoms with van der Waals surface area (Å²) in [7, 11) is 0. The van der Waals surface area contributed by atoms with Gasteiger partial charge in [-0.15, -0.1) is 0 Å². The molecule has 2 aromatic rings. The Morgan fingerprint density at radius 3 is 3.00 bits per heavy atom. The molecule has 0 saturated carbocycles. The number of rotatable bonds is 2. The van der Waals surface area contributed by atoms with Gasteiger partial charge >= 0.3 is 0 Å². The highest BCUT2D eigenvalue weighted by molar-refractivity contribution is 7.03. The van der Waals surface area contributed by atoms with Crippen LogP contribution in [0.5, 0.6) is 0 Å². The van der Waals surface area contributed by atoms with Crippen molar-refractivity contribution in [1.82, 2.24) is 4.37 Å². The summed E-state index contributed by atoms with van der Waals surface area (Å²) < 4.78 is 9.29. The molecule has 2 aromatic heterocycles. The van der Waals surface area contributed by atoms with E-state index in [9.17, 15) is 0 Å². The third kappa shape index (κ3) is 1.26. The van der Waals surface area contributed by atoms with Gasteiger partial charge in [-0.1, -0.05) is 0 Å². The van der Waals surface area contributed by atoms with E-state index in [-0.39, 0.29) is 6.04 Å². The molecule has 0 aromatic carbocycles. The van der Waals surface area contributed by atoms with Crippen LogP contribution in [0, 0.1) is 0 Å². The lowest BCUT2D eigenvalue weighted by molar-refractivity contribution is 0.487. The first-order valence-electron chi connectivity index (χ1n) is 3.57. The molecule has 3 nitrogen and oxygen atoms in total. The quantitative estimate of drug-likeness (QED) is 0.766. The molecule has 12 heavy (non-hydrogen) atoms. The molecule has 4 heteroatoms. The molecular weight excluding hydrogens is 172 g/mol. The van der Waals surface area contributed by atoms with Gasteiger partial charge < -0.3 is 10.2 Å². The fourth-order valence-corrected chi connectivity index (χ4v) is 1.55. The highest BCUT2D eigenvalue weighted by atomic mass is 32.1. The van der Waals surface area contributed by atoms with Crippen molar-refractivity contribution in [2.75, 3.05) is 0 Å². The molecular formula is C8H8N2OS. The van der Waals surface area contributed by atoms with E-state index in [0.29, 0.717) is 0 Å². The zero-order chi connectivity index (χ0) is 8.39. The van der Waals surface area contributed by atoms with Crippen molar-refractivity contribution in [3.05, 3.63) is 41.3 Å². The summed E-state index contributed by atoms with van der Waals surface area (Å²) in [6.45, 7) is 0. The van der Waals surface area contributed by atoms with Crippen LogP contribution in [0.25, 0.3) is 0 Å². The fraction of sp³-hybridized carbons (Fsp3) is 0.125. The van der Waals surface area contributed by atoms with Crippen molar-refractivity contribution in [3.63, 3.8) is 0 Å². The van der Waals surface area contributed by atoms with Gasteiger partial charge in [-0.2, -0.15) is 4.37 Å². The average Bonchev–Trinajstić information content (AvgIpc) is 2.77. The second kappa shape index (κ2) is 3.08. The maximum Gasteiger partial charge on any atom is 0.126 e. The molecule has 2 N–H and O–H groups in total. The molecule has 0 aliphatic carbocycles. The van der Waals surface area contributed by atoms with Gasteiger partial charge in [0.05, 0.1) is 12.0 Å². The predicted molar refractivity (Wildman–Crippen MR) is 46.9 cm³/mol. The Kier molecular flexibility index (Phi) is 1.93. The van der Waals surface area contributed by atoms with Gasteiger partial charge in [-0.05, 0) is 29.7 Å². The minimum absolute atomic E-state index is 0.230. The van der Waals surface area contributed by atoms with E-state index in [1.807, 2.05) is 23.6 Å². The van der Waals surface area contributed by atoms with Crippen molar-refractivity contribution >= 4 is 11.5 Å². The number of hydrogen-bond donors (Lipinski definition) is 1. The summed E-state index contributed by atoms with van der Waals surface area (Å²) >= 11 is 1.39. The van der Waals surface area contributed by atoms with Crippen molar-refractivity contribution in [2.45, 2.75) is 6.04 Å². The zero-order valence-corrected chi connectivity index (χ0v) is 7.12. The smallest absolute Gasteiger partial charge is 0.126 e. The average molecular weight is 180 g/mol. The van der Waals surface area contributed by atoms with E-state index in [0.717, 1.165) is 11.5 Å². The van der Waals surface area contributed by atoms with Crippen LogP contribution in [-0.4, -0.2) is 4.37 Å². The van der Waals surface area contributed by atoms with Crippen molar-refractivity contribution in [1.29, 1.82) is 0 Å². The predicted octanol–water partition coefficient (Wildman–Crippen LogP) is 1.78. The van der Waals surface area contributed by atoms with Gasteiger partial charge in [0.25, 0.3) is 0 Å². The van der Waals surface area contributed by atoms with Crippen molar-refractivity contribution in [3.8, 4) is 0 Å². The third-order valence-electron chi connectivity index (χ3n) is 1.63. The number of furan rings is 1. The van der Waals surface area contributed by atoms with Crippen LogP contribution in [0.15, 0.2) is 34.3 Å². The van der Waals surface area contributed by atoms with Crippen LogP contribution in [0.4, 0.5) is 0 Å². The lowest BCUT2D eigenvalue weighted by Gasteiger charge is -2.03. The Morgan fingerprint density at radius 2 is 2.42 bits per heavy atom. The molecule has 0 saturated heterocycles. The maximum absolute atomic E-state index is 5.86. The molecule has 2 rings (SSSR count). The van der Waals surface area contributed by atoms with Gasteiger partial charge in [0.1, 0.15) is 11.8 Å². The molecule has 0 amide bonds. The van der Waals surface area contributed by atoms with Crippen LogP contribution in [0.3, 0.4) is 0 Å². The molecule has 1 unspecified atom stereocenters. The Hall–Kier alpha value is -1.13. The second-order valence-electron chi connectivity index (χ2n) is 2.42. The molecule has 0 spiro atoms. The largest absolute Gasteiger partial charge is 0.467 e. The Bertz CT molecular complexity index is 294. The van der Waals surface area contributed by atoms with Crippen LogP contribution >= 0.6 is 11.5 Å². The summed E-state index contributed by atoms with van der Waals surface area (Å²) in [5, 5.41) is 1.90. The van der Waals surface area contributed by atoms with Crippen LogP contribution in [-0.2, 0) is 0 Å². The topological polar surface area (TPSA) is 52.0 Å². The number of aromatic nitrogens is 1. The molecule has 2 heterocycles. The summed E-state index contributed by atoms with van der Waals surface area (Å²) in [6.07, 6.45) is 1.61. The summed E-state index contributed by atoms with van der Waals surface area (Å²) in [5.74, 6) is 0.751. The SMILES string of the molecule is NC(c1ccsn1)c1ccco1. The first-order chi connectivity index (χ1) is 5.88. The van der Waals surface area contributed by atoms with Gasteiger partial charge in [-0.25, -0.2) is 0 Å². The molecule has 0 aliphatic heterocycles. The monoisotopic (exact) mass is 180 g/mol. The summed E-state index contributed by atoms with van der Waals surface area (Å²) in [6, 6.07) is 5.34. The van der Waals surface area contributed by atoms with E-state index in [1.165, 1.54) is 11.5 Å². The standard InChI is InChI=1S/C8H8N2OS/c9-8(6-3-5-12-10-6)7-2-1-4-11-7/h1-5,8H,9H2. The highest BCUT2D eigenvalue weighted by Crippen LogP contribution is 2.18. The van der Waals surface area contributed by atoms with Crippen LogP contribution in [0.2, 0.25) is 0 Å². The summed E-state index contributed by atoms with van der Waals surface area (Å²) in [5.41, 5.74) is 6.71. The second-order valence-corrected chi connectivity index (χ2v) is 3.08. The Morgan fingerprint density at radius 1 is 1.50 bits per heavy atom. The molecule has 0 fully saturated rings. The maximum atomic E-state index is 5.86. The van der Waals surface area contributed by atoms with Gasteiger partial charge in [0.2, 0.25) is 0 Å². The third-order valence-corrected chi connectivity index (χ3v) is 2.20. The van der Waals surface area contributed by atoms with E-state index in [2.05, 4.69) is 4.37 Å². The molecule has 62 valence electrons. The molecule has 0 radical (unpaired) electrons. The van der Waals surface area contributed by atoms with E-state index >= 15 is 0 Å². The van der Waals surface area contributed by atoms with Crippen molar-refractivity contribution in [2.24, 2.45) is 5.73 Å². The van der Waals surface area contributed by atoms with Gasteiger partial charge in [-0.3, -0.25) is 0 Å². The first-order valence-corrected chi connectivity index (χ1v) is 4.41. The normalized spacial score (nSPS) is 13.1. The highest BCUT2D eigenvalue weighted by Gasteiger charge is 2.12. The zero-order valence-electron chi connectivity index (χ0n) is 6.31. The van der Waals surface area contributed by atoms with Gasteiger partial charge in [0, 0.05) is 5.38 Å². The lowest BCUT2D eigenvalue weighted by atomic mass is 10.2.